The summed E-state index contributed by atoms with van der Waals surface area (Å²) < 4.78 is 0. The summed E-state index contributed by atoms with van der Waals surface area (Å²) in [7, 11) is 3.53. The number of piperidine rings is 1. The van der Waals surface area contributed by atoms with Crippen molar-refractivity contribution in [3.05, 3.63) is 35.4 Å². The van der Waals surface area contributed by atoms with Gasteiger partial charge in [-0.3, -0.25) is 9.79 Å². The second kappa shape index (κ2) is 10.5. The van der Waals surface area contributed by atoms with E-state index >= 15 is 0 Å². The van der Waals surface area contributed by atoms with Crippen LogP contribution in [0, 0.1) is 5.92 Å². The van der Waals surface area contributed by atoms with Crippen LogP contribution in [0.25, 0.3) is 0 Å². The number of carbonyl (C=O) groups is 1. The fourth-order valence-electron chi connectivity index (χ4n) is 4.34. The Hall–Kier alpha value is -2.08. The van der Waals surface area contributed by atoms with Gasteiger partial charge in [0.05, 0.1) is 0 Å². The van der Waals surface area contributed by atoms with Gasteiger partial charge in [-0.2, -0.15) is 0 Å². The first kappa shape index (κ1) is 20.6. The molecule has 6 nitrogen and oxygen atoms in total. The van der Waals surface area contributed by atoms with E-state index in [1.165, 1.54) is 45.3 Å². The van der Waals surface area contributed by atoms with Crippen LogP contribution in [0.5, 0.6) is 0 Å². The molecular formula is C22H35N5O. The molecule has 1 atom stereocenters. The summed E-state index contributed by atoms with van der Waals surface area (Å²) in [5, 5.41) is 6.19. The fraction of sp³-hybridized carbons (Fsp3) is 0.636. The minimum atomic E-state index is -0.0394. The van der Waals surface area contributed by atoms with E-state index in [1.54, 1.807) is 7.05 Å². The topological polar surface area (TPSA) is 60.0 Å². The number of rotatable bonds is 6. The second-order valence-corrected chi connectivity index (χ2v) is 7.97. The highest BCUT2D eigenvalue weighted by Gasteiger charge is 2.26. The van der Waals surface area contributed by atoms with E-state index in [2.05, 4.69) is 31.5 Å². The Labute approximate surface area is 169 Å². The Balaban J connectivity index is 1.44. The predicted octanol–water partition coefficient (Wildman–Crippen LogP) is 1.97. The zero-order chi connectivity index (χ0) is 19.8. The van der Waals surface area contributed by atoms with Crippen LogP contribution < -0.4 is 10.6 Å². The smallest absolute Gasteiger partial charge is 0.251 e. The molecule has 0 saturated carbocycles. The van der Waals surface area contributed by atoms with Crippen molar-refractivity contribution in [2.24, 2.45) is 10.9 Å². The maximum Gasteiger partial charge on any atom is 0.251 e. The predicted molar refractivity (Wildman–Crippen MR) is 115 cm³/mol. The summed E-state index contributed by atoms with van der Waals surface area (Å²) in [5.41, 5.74) is 1.87. The number of hydrogen-bond acceptors (Lipinski definition) is 3. The van der Waals surface area contributed by atoms with Crippen molar-refractivity contribution < 1.29 is 4.79 Å². The third-order valence-electron chi connectivity index (χ3n) is 5.88. The largest absolute Gasteiger partial charge is 0.356 e. The third-order valence-corrected chi connectivity index (χ3v) is 5.88. The maximum absolute atomic E-state index is 11.8. The molecule has 2 saturated heterocycles. The highest BCUT2D eigenvalue weighted by Crippen LogP contribution is 2.20. The van der Waals surface area contributed by atoms with Crippen molar-refractivity contribution >= 4 is 11.9 Å². The van der Waals surface area contributed by atoms with Crippen molar-refractivity contribution in [2.45, 2.75) is 32.1 Å². The number of guanidine groups is 1. The summed E-state index contributed by atoms with van der Waals surface area (Å²) >= 11 is 0. The van der Waals surface area contributed by atoms with Crippen molar-refractivity contribution in [3.63, 3.8) is 0 Å². The van der Waals surface area contributed by atoms with E-state index < -0.39 is 0 Å². The highest BCUT2D eigenvalue weighted by molar-refractivity contribution is 5.94. The summed E-state index contributed by atoms with van der Waals surface area (Å²) in [4.78, 5) is 21.3. The lowest BCUT2D eigenvalue weighted by atomic mass is 10.1. The number of nitrogens with one attached hydrogen (secondary N) is 2. The minimum absolute atomic E-state index is 0.0394. The normalized spacial score (nSPS) is 21.0. The lowest BCUT2D eigenvalue weighted by molar-refractivity contribution is 0.0963. The van der Waals surface area contributed by atoms with Crippen molar-refractivity contribution in [1.82, 2.24) is 20.4 Å². The van der Waals surface area contributed by atoms with Crippen LogP contribution in [0.3, 0.4) is 0 Å². The quantitative estimate of drug-likeness (QED) is 0.581. The zero-order valence-electron chi connectivity index (χ0n) is 17.4. The van der Waals surface area contributed by atoms with Crippen molar-refractivity contribution in [1.29, 1.82) is 0 Å². The molecule has 0 aromatic heterocycles. The molecule has 0 spiro atoms. The first-order valence-corrected chi connectivity index (χ1v) is 10.7. The Bertz CT molecular complexity index is 669. The van der Waals surface area contributed by atoms with Gasteiger partial charge in [-0.25, -0.2) is 0 Å². The molecule has 2 heterocycles. The molecule has 2 aliphatic rings. The standard InChI is InChI=1S/C22H35N5O/c1-23-21(28)20-8-6-7-18(15-20)9-11-25-22(24-2)27-14-10-19(17-27)16-26-12-4-3-5-13-26/h6-8,15,19H,3-5,9-14,16-17H2,1-2H3,(H,23,28)(H,24,25). The van der Waals surface area contributed by atoms with E-state index in [1.807, 2.05) is 25.2 Å². The first-order chi connectivity index (χ1) is 13.7. The monoisotopic (exact) mass is 385 g/mol. The van der Waals surface area contributed by atoms with E-state index in [9.17, 15) is 4.79 Å². The number of amides is 1. The zero-order valence-corrected chi connectivity index (χ0v) is 17.4. The van der Waals surface area contributed by atoms with Gasteiger partial charge in [-0.1, -0.05) is 18.6 Å². The van der Waals surface area contributed by atoms with E-state index in [0.717, 1.165) is 43.5 Å². The Morgan fingerprint density at radius 1 is 1.21 bits per heavy atom. The fourth-order valence-corrected chi connectivity index (χ4v) is 4.34. The van der Waals surface area contributed by atoms with Gasteiger partial charge in [0.2, 0.25) is 0 Å². The van der Waals surface area contributed by atoms with Crippen LogP contribution in [0.15, 0.2) is 29.3 Å². The molecule has 1 aromatic rings. The second-order valence-electron chi connectivity index (χ2n) is 7.97. The summed E-state index contributed by atoms with van der Waals surface area (Å²) in [6.07, 6.45) is 6.25. The van der Waals surface area contributed by atoms with E-state index in [0.29, 0.717) is 5.56 Å². The van der Waals surface area contributed by atoms with Gasteiger partial charge in [0, 0.05) is 45.8 Å². The molecule has 2 fully saturated rings. The molecule has 0 aliphatic carbocycles. The van der Waals surface area contributed by atoms with E-state index in [4.69, 9.17) is 0 Å². The van der Waals surface area contributed by atoms with Gasteiger partial charge in [0.25, 0.3) is 5.91 Å². The Morgan fingerprint density at radius 2 is 2.04 bits per heavy atom. The number of hydrogen-bond donors (Lipinski definition) is 2. The summed E-state index contributed by atoms with van der Waals surface area (Å²) in [5.74, 6) is 1.71. The number of benzene rings is 1. The van der Waals surface area contributed by atoms with Gasteiger partial charge in [0.15, 0.2) is 5.96 Å². The third kappa shape index (κ3) is 5.71. The molecule has 2 N–H and O–H groups in total. The van der Waals surface area contributed by atoms with Crippen LogP contribution in [0.4, 0.5) is 0 Å². The number of nitrogens with zero attached hydrogens (tertiary/aromatic N) is 3. The molecule has 6 heteroatoms. The lowest BCUT2D eigenvalue weighted by Crippen LogP contribution is -2.42. The van der Waals surface area contributed by atoms with Crippen LogP contribution in [-0.2, 0) is 6.42 Å². The molecule has 3 rings (SSSR count). The first-order valence-electron chi connectivity index (χ1n) is 10.7. The minimum Gasteiger partial charge on any atom is -0.356 e. The number of aliphatic imine (C=N–C) groups is 1. The van der Waals surface area contributed by atoms with Crippen LogP contribution in [-0.4, -0.2) is 75.0 Å². The van der Waals surface area contributed by atoms with Gasteiger partial charge in [0.1, 0.15) is 0 Å². The van der Waals surface area contributed by atoms with Crippen LogP contribution in [0.1, 0.15) is 41.6 Å². The molecule has 154 valence electrons. The van der Waals surface area contributed by atoms with Gasteiger partial charge in [-0.15, -0.1) is 0 Å². The van der Waals surface area contributed by atoms with Crippen molar-refractivity contribution in [3.8, 4) is 0 Å². The van der Waals surface area contributed by atoms with Crippen molar-refractivity contribution in [2.75, 3.05) is 53.4 Å². The average molecular weight is 386 g/mol. The molecular weight excluding hydrogens is 350 g/mol. The van der Waals surface area contributed by atoms with E-state index in [-0.39, 0.29) is 5.91 Å². The van der Waals surface area contributed by atoms with Crippen LogP contribution in [0.2, 0.25) is 0 Å². The molecule has 1 amide bonds. The Kier molecular flexibility index (Phi) is 7.71. The molecule has 0 radical (unpaired) electrons. The number of carbonyl (C=O) groups excluding carboxylic acids is 1. The SMILES string of the molecule is CN=C(NCCc1cccc(C(=O)NC)c1)N1CCC(CN2CCCCC2)C1. The Morgan fingerprint density at radius 3 is 2.79 bits per heavy atom. The summed E-state index contributed by atoms with van der Waals surface area (Å²) in [6.45, 7) is 6.79. The number of likely N-dealkylation sites (tertiary alicyclic amines) is 2. The molecule has 28 heavy (non-hydrogen) atoms. The van der Waals surface area contributed by atoms with Crippen LogP contribution >= 0.6 is 0 Å². The van der Waals surface area contributed by atoms with Gasteiger partial charge < -0.3 is 20.4 Å². The molecule has 1 aromatic carbocycles. The lowest BCUT2D eigenvalue weighted by Gasteiger charge is -2.29. The average Bonchev–Trinajstić information content (AvgIpc) is 3.19. The van der Waals surface area contributed by atoms with Gasteiger partial charge >= 0.3 is 0 Å². The van der Waals surface area contributed by atoms with Gasteiger partial charge in [-0.05, 0) is 62.4 Å². The maximum atomic E-state index is 11.8. The molecule has 2 aliphatic heterocycles. The highest BCUT2D eigenvalue weighted by atomic mass is 16.1. The summed E-state index contributed by atoms with van der Waals surface area (Å²) in [6, 6.07) is 7.83. The molecule has 1 unspecified atom stereocenters. The molecule has 0 bridgehead atoms.